The Morgan fingerprint density at radius 3 is 2.90 bits per heavy atom. The summed E-state index contributed by atoms with van der Waals surface area (Å²) in [6.45, 7) is -0.0916. The van der Waals surface area contributed by atoms with Gasteiger partial charge >= 0.3 is 0 Å². The van der Waals surface area contributed by atoms with Crippen LogP contribution in [-0.2, 0) is 10.3 Å². The van der Waals surface area contributed by atoms with Crippen molar-refractivity contribution in [2.75, 3.05) is 18.8 Å². The maximum absolute atomic E-state index is 14.8. The molecule has 3 rings (SSSR count). The average molecular weight is 419 g/mol. The molecule has 11 heteroatoms. The topological polar surface area (TPSA) is 112 Å². The van der Waals surface area contributed by atoms with Gasteiger partial charge in [-0.05, 0) is 25.1 Å². The summed E-state index contributed by atoms with van der Waals surface area (Å²) in [5.74, 6) is 3.54. The molecule has 1 aromatic heterocycles. The first kappa shape index (κ1) is 20.9. The lowest BCUT2D eigenvalue weighted by atomic mass is 9.85. The van der Waals surface area contributed by atoms with Crippen molar-refractivity contribution in [1.82, 2.24) is 9.97 Å². The van der Waals surface area contributed by atoms with E-state index in [4.69, 9.17) is 10.5 Å². The van der Waals surface area contributed by atoms with Crippen LogP contribution in [0, 0.1) is 17.7 Å². The van der Waals surface area contributed by atoms with Gasteiger partial charge in [-0.15, -0.1) is 5.92 Å². The molecule has 1 aliphatic heterocycles. The number of rotatable bonds is 5. The minimum absolute atomic E-state index is 0.0952. The van der Waals surface area contributed by atoms with E-state index in [1.54, 1.807) is 0 Å². The number of carbonyl (C=O) groups excluding carboxylic acids is 1. The van der Waals surface area contributed by atoms with E-state index in [0.717, 1.165) is 18.5 Å². The van der Waals surface area contributed by atoms with Gasteiger partial charge in [0.15, 0.2) is 11.7 Å². The number of hydrogen-bond acceptors (Lipinski definition) is 7. The van der Waals surface area contributed by atoms with Gasteiger partial charge in [0.25, 0.3) is 11.9 Å². The van der Waals surface area contributed by atoms with Crippen LogP contribution in [0.5, 0.6) is 5.88 Å². The number of amides is 1. The number of carbonyl (C=O) groups is 1. The molecular weight excluding hydrogens is 403 g/mol. The highest BCUT2D eigenvalue weighted by Gasteiger charge is 2.45. The van der Waals surface area contributed by atoms with Crippen LogP contribution in [0.1, 0.15) is 23.0 Å². The van der Waals surface area contributed by atoms with Gasteiger partial charge < -0.3 is 20.5 Å². The third kappa shape index (κ3) is 4.12. The molecule has 1 amide bonds. The first-order chi connectivity index (χ1) is 14.4. The van der Waals surface area contributed by atoms with E-state index in [-0.39, 0.29) is 28.8 Å². The normalized spacial score (nSPS) is 20.3. The van der Waals surface area contributed by atoms with E-state index in [2.05, 4.69) is 36.9 Å². The lowest BCUT2D eigenvalue weighted by molar-refractivity contribution is 0.102. The second-order valence-electron chi connectivity index (χ2n) is 6.01. The van der Waals surface area contributed by atoms with E-state index < -0.39 is 36.9 Å². The molecule has 30 heavy (non-hydrogen) atoms. The third-order valence-electron chi connectivity index (χ3n) is 4.13. The van der Waals surface area contributed by atoms with Crippen LogP contribution in [0.4, 0.5) is 18.9 Å². The zero-order valence-corrected chi connectivity index (χ0v) is 15.7. The predicted octanol–water partition coefficient (Wildman–Crippen LogP) is 2.08. The van der Waals surface area contributed by atoms with Crippen molar-refractivity contribution in [3.8, 4) is 17.7 Å². The number of anilines is 1. The van der Waals surface area contributed by atoms with E-state index in [1.807, 2.05) is 0 Å². The Hall–Kier alpha value is -3.81. The molecule has 0 aliphatic carbocycles. The maximum Gasteiger partial charge on any atom is 0.284 e. The highest BCUT2D eigenvalue weighted by Crippen LogP contribution is 2.37. The smallest absolute Gasteiger partial charge is 0.284 e. The second-order valence-corrected chi connectivity index (χ2v) is 6.01. The fourth-order valence-corrected chi connectivity index (χ4v) is 2.80. The SMILES string of the molecule is CC#C[C@]1(c2cc(NC(=O)c3cnc(OCF)cn3)ccc2F)N=C(N)OC[C@@H]1F. The molecule has 0 radical (unpaired) electrons. The lowest BCUT2D eigenvalue weighted by Crippen LogP contribution is -2.45. The zero-order chi connectivity index (χ0) is 21.7. The molecule has 0 saturated heterocycles. The molecule has 0 fully saturated rings. The maximum atomic E-state index is 14.8. The van der Waals surface area contributed by atoms with Crippen LogP contribution in [0.25, 0.3) is 0 Å². The fraction of sp³-hybridized carbons (Fsp3) is 0.263. The molecule has 0 bridgehead atoms. The molecule has 2 heterocycles. The van der Waals surface area contributed by atoms with Gasteiger partial charge in [0.2, 0.25) is 12.7 Å². The van der Waals surface area contributed by atoms with Gasteiger partial charge in [-0.1, -0.05) is 5.92 Å². The van der Waals surface area contributed by atoms with Crippen LogP contribution in [0.2, 0.25) is 0 Å². The Morgan fingerprint density at radius 1 is 1.43 bits per heavy atom. The van der Waals surface area contributed by atoms with Crippen LogP contribution in [0.15, 0.2) is 35.6 Å². The summed E-state index contributed by atoms with van der Waals surface area (Å²) < 4.78 is 50.9. The number of nitrogens with one attached hydrogen (secondary N) is 1. The molecule has 1 aromatic carbocycles. The van der Waals surface area contributed by atoms with Crippen molar-refractivity contribution >= 4 is 17.6 Å². The minimum atomic E-state index is -1.92. The van der Waals surface area contributed by atoms with E-state index in [0.29, 0.717) is 0 Å². The Kier molecular flexibility index (Phi) is 6.06. The monoisotopic (exact) mass is 419 g/mol. The zero-order valence-electron chi connectivity index (χ0n) is 15.7. The Bertz CT molecular complexity index is 1040. The second kappa shape index (κ2) is 8.69. The standard InChI is InChI=1S/C19H16F3N5O3/c1-2-5-19(15(22)9-29-18(23)27-19)12-6-11(3-4-13(12)21)26-17(28)14-7-25-16(8-24-14)30-10-20/h3-4,6-8,15H,9-10H2,1H3,(H2,23,27)(H,26,28)/t15-,19+/m0/s1. The Labute approximate surface area is 169 Å². The van der Waals surface area contributed by atoms with Crippen molar-refractivity contribution in [3.63, 3.8) is 0 Å². The molecule has 2 atom stereocenters. The number of benzene rings is 1. The highest BCUT2D eigenvalue weighted by atomic mass is 19.1. The van der Waals surface area contributed by atoms with Crippen molar-refractivity contribution in [3.05, 3.63) is 47.7 Å². The van der Waals surface area contributed by atoms with Gasteiger partial charge in [0.05, 0.1) is 12.4 Å². The fourth-order valence-electron chi connectivity index (χ4n) is 2.80. The van der Waals surface area contributed by atoms with E-state index in [1.165, 1.54) is 19.1 Å². The van der Waals surface area contributed by atoms with Crippen molar-refractivity contribution in [2.45, 2.75) is 18.6 Å². The summed E-state index contributed by atoms with van der Waals surface area (Å²) in [7, 11) is 0. The molecule has 0 unspecified atom stereocenters. The number of nitrogens with two attached hydrogens (primary N) is 1. The van der Waals surface area contributed by atoms with Crippen molar-refractivity contribution in [1.29, 1.82) is 0 Å². The number of ether oxygens (including phenoxy) is 2. The van der Waals surface area contributed by atoms with Gasteiger partial charge in [0.1, 0.15) is 18.1 Å². The molecule has 8 nitrogen and oxygen atoms in total. The molecule has 0 spiro atoms. The lowest BCUT2D eigenvalue weighted by Gasteiger charge is -2.32. The van der Waals surface area contributed by atoms with Crippen LogP contribution in [-0.4, -0.2) is 41.5 Å². The summed E-state index contributed by atoms with van der Waals surface area (Å²) in [6.07, 6.45) is 0.353. The summed E-state index contributed by atoms with van der Waals surface area (Å²) in [6, 6.07) is 3.20. The number of hydrogen-bond donors (Lipinski definition) is 2. The Morgan fingerprint density at radius 2 is 2.23 bits per heavy atom. The molecule has 3 N–H and O–H groups in total. The van der Waals surface area contributed by atoms with E-state index >= 15 is 0 Å². The average Bonchev–Trinajstić information content (AvgIpc) is 2.73. The first-order valence-corrected chi connectivity index (χ1v) is 8.58. The number of aliphatic imine (C=N–C) groups is 1. The molecule has 2 aromatic rings. The van der Waals surface area contributed by atoms with Gasteiger partial charge in [-0.2, -0.15) is 0 Å². The minimum Gasteiger partial charge on any atom is -0.462 e. The molecule has 0 saturated carbocycles. The summed E-state index contributed by atoms with van der Waals surface area (Å²) in [5, 5.41) is 2.50. The number of alkyl halides is 2. The quantitative estimate of drug-likeness (QED) is 0.718. The van der Waals surface area contributed by atoms with Gasteiger partial charge in [-0.3, -0.25) is 4.79 Å². The van der Waals surface area contributed by atoms with Crippen LogP contribution < -0.4 is 15.8 Å². The van der Waals surface area contributed by atoms with Gasteiger partial charge in [0, 0.05) is 11.3 Å². The number of halogens is 3. The third-order valence-corrected chi connectivity index (χ3v) is 4.13. The molecule has 156 valence electrons. The molecule has 1 aliphatic rings. The number of aromatic nitrogens is 2. The Balaban J connectivity index is 1.93. The van der Waals surface area contributed by atoms with E-state index in [9.17, 15) is 18.0 Å². The molecular formula is C19H16F3N5O3. The van der Waals surface area contributed by atoms with Gasteiger partial charge in [-0.25, -0.2) is 28.1 Å². The number of nitrogens with zero attached hydrogens (tertiary/aromatic N) is 3. The van der Waals surface area contributed by atoms with Crippen LogP contribution >= 0.6 is 0 Å². The first-order valence-electron chi connectivity index (χ1n) is 8.58. The highest BCUT2D eigenvalue weighted by molar-refractivity contribution is 6.02. The van der Waals surface area contributed by atoms with Crippen molar-refractivity contribution in [2.24, 2.45) is 10.7 Å². The summed E-state index contributed by atoms with van der Waals surface area (Å²) >= 11 is 0. The van der Waals surface area contributed by atoms with Crippen molar-refractivity contribution < 1.29 is 27.4 Å². The number of amidine groups is 1. The van der Waals surface area contributed by atoms with Crippen LogP contribution in [0.3, 0.4) is 0 Å². The predicted molar refractivity (Wildman–Crippen MR) is 101 cm³/mol. The summed E-state index contributed by atoms with van der Waals surface area (Å²) in [4.78, 5) is 23.9. The summed E-state index contributed by atoms with van der Waals surface area (Å²) in [5.41, 5.74) is 3.46. The largest absolute Gasteiger partial charge is 0.462 e.